The van der Waals surface area contributed by atoms with E-state index >= 15 is 0 Å². The highest BCUT2D eigenvalue weighted by Gasteiger charge is 2.27. The predicted octanol–water partition coefficient (Wildman–Crippen LogP) is 3.36. The lowest BCUT2D eigenvalue weighted by Crippen LogP contribution is -2.39. The fourth-order valence-electron chi connectivity index (χ4n) is 2.95. The van der Waals surface area contributed by atoms with E-state index in [2.05, 4.69) is 10.5 Å². The molecular weight excluding hydrogens is 442 g/mol. The fourth-order valence-corrected chi connectivity index (χ4v) is 4.37. The highest BCUT2D eigenvalue weighted by Crippen LogP contribution is 2.27. The van der Waals surface area contributed by atoms with Crippen molar-refractivity contribution in [1.82, 2.24) is 5.43 Å². The molecule has 0 fully saturated rings. The van der Waals surface area contributed by atoms with Gasteiger partial charge in [0, 0.05) is 6.07 Å². The monoisotopic (exact) mass is 467 g/mol. The van der Waals surface area contributed by atoms with Crippen LogP contribution in [0.2, 0.25) is 0 Å². The van der Waals surface area contributed by atoms with Gasteiger partial charge in [0.25, 0.3) is 15.9 Å². The van der Waals surface area contributed by atoms with Crippen molar-refractivity contribution in [2.24, 2.45) is 5.10 Å². The van der Waals surface area contributed by atoms with Gasteiger partial charge in [-0.2, -0.15) is 5.10 Å². The largest absolute Gasteiger partial charge is 0.497 e. The molecule has 0 heterocycles. The van der Waals surface area contributed by atoms with Crippen LogP contribution in [-0.4, -0.2) is 41.3 Å². The summed E-state index contributed by atoms with van der Waals surface area (Å²) in [4.78, 5) is 12.7. The first kappa shape index (κ1) is 23.8. The maximum absolute atomic E-state index is 13.4. The number of hydrogen-bond donors (Lipinski definition) is 1. The Morgan fingerprint density at radius 1 is 0.970 bits per heavy atom. The molecule has 0 spiro atoms. The van der Waals surface area contributed by atoms with Crippen LogP contribution < -0.4 is 19.2 Å². The van der Waals surface area contributed by atoms with E-state index in [1.54, 1.807) is 67.8 Å². The van der Waals surface area contributed by atoms with Gasteiger partial charge in [-0.05, 0) is 61.0 Å². The number of carbonyl (C=O) groups excluding carboxylic acids is 1. The van der Waals surface area contributed by atoms with Gasteiger partial charge in [-0.25, -0.2) is 13.8 Å². The summed E-state index contributed by atoms with van der Waals surface area (Å²) >= 11 is 0. The topological polar surface area (TPSA) is 97.3 Å². The normalized spacial score (nSPS) is 11.2. The lowest BCUT2D eigenvalue weighted by atomic mass is 10.2. The van der Waals surface area contributed by atoms with Crippen molar-refractivity contribution in [3.05, 3.63) is 83.9 Å². The Labute approximate surface area is 193 Å². The van der Waals surface area contributed by atoms with E-state index in [1.165, 1.54) is 25.5 Å². The van der Waals surface area contributed by atoms with Crippen LogP contribution >= 0.6 is 0 Å². The number of ether oxygens (including phenoxy) is 2. The van der Waals surface area contributed by atoms with Crippen molar-refractivity contribution in [3.63, 3.8) is 0 Å². The summed E-state index contributed by atoms with van der Waals surface area (Å²) in [7, 11) is -0.969. The first-order valence-corrected chi connectivity index (χ1v) is 11.5. The van der Waals surface area contributed by atoms with E-state index < -0.39 is 22.5 Å². The van der Waals surface area contributed by atoms with Crippen molar-refractivity contribution in [2.45, 2.75) is 11.8 Å². The SMILES string of the molecule is COc1ccc(/C=N\NC(=O)CN(c2cccc(OC)c2)S(=O)(=O)c2ccc(C)cc2)cc1. The van der Waals surface area contributed by atoms with Gasteiger partial charge in [-0.1, -0.05) is 23.8 Å². The van der Waals surface area contributed by atoms with Gasteiger partial charge in [-0.15, -0.1) is 0 Å². The summed E-state index contributed by atoms with van der Waals surface area (Å²) in [5.74, 6) is 0.569. The Bertz CT molecular complexity index is 1220. The molecule has 0 aliphatic carbocycles. The first-order chi connectivity index (χ1) is 15.8. The minimum Gasteiger partial charge on any atom is -0.497 e. The van der Waals surface area contributed by atoms with Gasteiger partial charge in [-0.3, -0.25) is 9.10 Å². The van der Waals surface area contributed by atoms with E-state index in [0.29, 0.717) is 17.2 Å². The number of amides is 1. The number of nitrogens with zero attached hydrogens (tertiary/aromatic N) is 2. The standard InChI is InChI=1S/C24H25N3O5S/c1-18-7-13-23(14-8-18)33(29,30)27(20-5-4-6-22(15-20)32-3)17-24(28)26-25-16-19-9-11-21(31-2)12-10-19/h4-16H,17H2,1-3H3,(H,26,28)/b25-16-. The lowest BCUT2D eigenvalue weighted by molar-refractivity contribution is -0.119. The molecule has 9 heteroatoms. The molecule has 1 N–H and O–H groups in total. The molecule has 33 heavy (non-hydrogen) atoms. The van der Waals surface area contributed by atoms with E-state index in [0.717, 1.165) is 15.4 Å². The van der Waals surface area contributed by atoms with E-state index in [-0.39, 0.29) is 4.90 Å². The second kappa shape index (κ2) is 10.6. The molecule has 3 aromatic carbocycles. The summed E-state index contributed by atoms with van der Waals surface area (Å²) in [5, 5.41) is 3.93. The molecule has 0 aromatic heterocycles. The maximum Gasteiger partial charge on any atom is 0.264 e. The van der Waals surface area contributed by atoms with Crippen LogP contribution in [0.1, 0.15) is 11.1 Å². The Morgan fingerprint density at radius 3 is 2.27 bits per heavy atom. The number of aryl methyl sites for hydroxylation is 1. The predicted molar refractivity (Wildman–Crippen MR) is 127 cm³/mol. The zero-order valence-electron chi connectivity index (χ0n) is 18.6. The number of sulfonamides is 1. The molecule has 0 aliphatic heterocycles. The zero-order valence-corrected chi connectivity index (χ0v) is 19.4. The third-order valence-electron chi connectivity index (χ3n) is 4.76. The summed E-state index contributed by atoms with van der Waals surface area (Å²) in [6.07, 6.45) is 1.46. The third kappa shape index (κ3) is 6.11. The number of carbonyl (C=O) groups is 1. The van der Waals surface area contributed by atoms with Crippen LogP contribution in [0, 0.1) is 6.92 Å². The van der Waals surface area contributed by atoms with Crippen LogP contribution in [0.15, 0.2) is 82.8 Å². The van der Waals surface area contributed by atoms with Crippen LogP contribution in [0.3, 0.4) is 0 Å². The molecule has 0 aliphatic rings. The molecular formula is C24H25N3O5S. The maximum atomic E-state index is 13.4. The van der Waals surface area contributed by atoms with Crippen molar-refractivity contribution < 1.29 is 22.7 Å². The van der Waals surface area contributed by atoms with Crippen molar-refractivity contribution >= 4 is 27.8 Å². The molecule has 0 radical (unpaired) electrons. The summed E-state index contributed by atoms with van der Waals surface area (Å²) in [6.45, 7) is 1.40. The molecule has 0 atom stereocenters. The van der Waals surface area contributed by atoms with Gasteiger partial charge >= 0.3 is 0 Å². The van der Waals surface area contributed by atoms with Crippen molar-refractivity contribution in [1.29, 1.82) is 0 Å². The second-order valence-electron chi connectivity index (χ2n) is 7.09. The van der Waals surface area contributed by atoms with Crippen LogP contribution in [-0.2, 0) is 14.8 Å². The number of hydrogen-bond acceptors (Lipinski definition) is 6. The molecule has 3 aromatic rings. The van der Waals surface area contributed by atoms with Crippen LogP contribution in [0.25, 0.3) is 0 Å². The molecule has 1 amide bonds. The van der Waals surface area contributed by atoms with Crippen LogP contribution in [0.4, 0.5) is 5.69 Å². The van der Waals surface area contributed by atoms with E-state index in [4.69, 9.17) is 9.47 Å². The molecule has 8 nitrogen and oxygen atoms in total. The average molecular weight is 468 g/mol. The third-order valence-corrected chi connectivity index (χ3v) is 6.54. The molecule has 0 bridgehead atoms. The molecule has 3 rings (SSSR count). The zero-order chi connectivity index (χ0) is 23.8. The Morgan fingerprint density at radius 2 is 1.64 bits per heavy atom. The van der Waals surface area contributed by atoms with Crippen molar-refractivity contribution in [3.8, 4) is 11.5 Å². The van der Waals surface area contributed by atoms with E-state index in [1.807, 2.05) is 6.92 Å². The molecule has 172 valence electrons. The molecule has 0 saturated carbocycles. The molecule has 0 saturated heterocycles. The number of benzene rings is 3. The number of hydrazone groups is 1. The number of nitrogens with one attached hydrogen (secondary N) is 1. The number of anilines is 1. The Balaban J connectivity index is 1.83. The van der Waals surface area contributed by atoms with Gasteiger partial charge in [0.05, 0.1) is 31.0 Å². The average Bonchev–Trinajstić information content (AvgIpc) is 2.83. The van der Waals surface area contributed by atoms with Crippen LogP contribution in [0.5, 0.6) is 11.5 Å². The second-order valence-corrected chi connectivity index (χ2v) is 8.95. The number of methoxy groups -OCH3 is 2. The van der Waals surface area contributed by atoms with Crippen molar-refractivity contribution in [2.75, 3.05) is 25.1 Å². The quantitative estimate of drug-likeness (QED) is 0.384. The minimum atomic E-state index is -4.02. The van der Waals surface area contributed by atoms with Gasteiger partial charge in [0.1, 0.15) is 18.0 Å². The van der Waals surface area contributed by atoms with Gasteiger partial charge < -0.3 is 9.47 Å². The highest BCUT2D eigenvalue weighted by molar-refractivity contribution is 7.92. The molecule has 0 unspecified atom stereocenters. The summed E-state index contributed by atoms with van der Waals surface area (Å²) in [6, 6.07) is 20.0. The Hall–Kier alpha value is -3.85. The number of rotatable bonds is 9. The summed E-state index contributed by atoms with van der Waals surface area (Å²) in [5.41, 5.74) is 4.35. The van der Waals surface area contributed by atoms with Gasteiger partial charge in [0.2, 0.25) is 0 Å². The highest BCUT2D eigenvalue weighted by atomic mass is 32.2. The lowest BCUT2D eigenvalue weighted by Gasteiger charge is -2.24. The Kier molecular flexibility index (Phi) is 7.68. The van der Waals surface area contributed by atoms with Gasteiger partial charge in [0.15, 0.2) is 0 Å². The minimum absolute atomic E-state index is 0.0745. The first-order valence-electron chi connectivity index (χ1n) is 10.0. The smallest absolute Gasteiger partial charge is 0.264 e. The fraction of sp³-hybridized carbons (Fsp3) is 0.167. The summed E-state index contributed by atoms with van der Waals surface area (Å²) < 4.78 is 38.1. The van der Waals surface area contributed by atoms with E-state index in [9.17, 15) is 13.2 Å².